The van der Waals surface area contributed by atoms with Crippen molar-refractivity contribution in [1.29, 1.82) is 0 Å². The minimum absolute atomic E-state index is 0.0558. The van der Waals surface area contributed by atoms with Gasteiger partial charge in [-0.15, -0.1) is 0 Å². The van der Waals surface area contributed by atoms with Crippen molar-refractivity contribution in [2.75, 3.05) is 18.4 Å². The third kappa shape index (κ3) is 5.19. The molecule has 2 aromatic carbocycles. The summed E-state index contributed by atoms with van der Waals surface area (Å²) in [6.45, 7) is 0.232. The lowest BCUT2D eigenvalue weighted by atomic mass is 10.1. The Bertz CT molecular complexity index is 828. The summed E-state index contributed by atoms with van der Waals surface area (Å²) in [6, 6.07) is 8.94. The van der Waals surface area contributed by atoms with Crippen LogP contribution in [0, 0.1) is 10.1 Å². The molecule has 0 spiro atoms. The van der Waals surface area contributed by atoms with Gasteiger partial charge in [0.1, 0.15) is 5.69 Å². The summed E-state index contributed by atoms with van der Waals surface area (Å²) in [5.41, 5.74) is -1.41. The Morgan fingerprint density at radius 1 is 1.15 bits per heavy atom. The lowest BCUT2D eigenvalue weighted by Crippen LogP contribution is -2.28. The predicted molar refractivity (Wildman–Crippen MR) is 93.1 cm³/mol. The van der Waals surface area contributed by atoms with Crippen LogP contribution >= 0.6 is 15.9 Å². The van der Waals surface area contributed by atoms with Gasteiger partial charge in [-0.3, -0.25) is 14.9 Å². The highest BCUT2D eigenvalue weighted by atomic mass is 79.9. The molecule has 0 heterocycles. The molecule has 0 fully saturated rings. The molecule has 2 N–H and O–H groups in total. The summed E-state index contributed by atoms with van der Waals surface area (Å²) in [5.74, 6) is -0.338. The normalized spacial score (nSPS) is 11.1. The zero-order valence-electron chi connectivity index (χ0n) is 13.1. The van der Waals surface area contributed by atoms with Crippen molar-refractivity contribution >= 4 is 33.2 Å². The van der Waals surface area contributed by atoms with Crippen molar-refractivity contribution in [3.05, 3.63) is 68.2 Å². The van der Waals surface area contributed by atoms with Crippen LogP contribution in [-0.2, 0) is 6.18 Å². The minimum atomic E-state index is -4.67. The van der Waals surface area contributed by atoms with Gasteiger partial charge >= 0.3 is 6.18 Å². The SMILES string of the molecule is O=C(NCCNc1ccc(C(F)(F)F)cc1[N+](=O)[O-])c1cccc(Br)c1. The summed E-state index contributed by atoms with van der Waals surface area (Å²) in [6.07, 6.45) is -4.67. The van der Waals surface area contributed by atoms with E-state index < -0.39 is 22.4 Å². The molecule has 0 bridgehead atoms. The number of carbonyl (C=O) groups is 1. The molecular weight excluding hydrogens is 419 g/mol. The summed E-state index contributed by atoms with van der Waals surface area (Å²) < 4.78 is 38.7. The van der Waals surface area contributed by atoms with Gasteiger partial charge in [0.25, 0.3) is 11.6 Å². The van der Waals surface area contributed by atoms with Crippen LogP contribution in [0.15, 0.2) is 46.9 Å². The van der Waals surface area contributed by atoms with Crippen molar-refractivity contribution < 1.29 is 22.9 Å². The fourth-order valence-electron chi connectivity index (χ4n) is 2.11. The van der Waals surface area contributed by atoms with Gasteiger partial charge in [0.15, 0.2) is 0 Å². The van der Waals surface area contributed by atoms with Crippen LogP contribution in [-0.4, -0.2) is 23.9 Å². The van der Waals surface area contributed by atoms with Crippen LogP contribution in [0.5, 0.6) is 0 Å². The molecule has 0 saturated heterocycles. The van der Waals surface area contributed by atoms with E-state index in [4.69, 9.17) is 0 Å². The quantitative estimate of drug-likeness (QED) is 0.407. The van der Waals surface area contributed by atoms with Crippen molar-refractivity contribution in [2.24, 2.45) is 0 Å². The van der Waals surface area contributed by atoms with E-state index in [0.29, 0.717) is 11.6 Å². The van der Waals surface area contributed by atoms with Crippen LogP contribution in [0.3, 0.4) is 0 Å². The largest absolute Gasteiger partial charge is 0.416 e. The van der Waals surface area contributed by atoms with E-state index in [2.05, 4.69) is 26.6 Å². The Morgan fingerprint density at radius 2 is 1.88 bits per heavy atom. The summed E-state index contributed by atoms with van der Waals surface area (Å²) in [4.78, 5) is 22.0. The van der Waals surface area contributed by atoms with Crippen molar-refractivity contribution in [3.8, 4) is 0 Å². The number of carbonyl (C=O) groups excluding carboxylic acids is 1. The zero-order valence-corrected chi connectivity index (χ0v) is 14.7. The number of rotatable bonds is 6. The molecule has 0 aliphatic rings. The van der Waals surface area contributed by atoms with E-state index in [1.54, 1.807) is 24.3 Å². The number of alkyl halides is 3. The molecule has 10 heteroatoms. The first-order valence-electron chi connectivity index (χ1n) is 7.32. The molecule has 138 valence electrons. The van der Waals surface area contributed by atoms with Gasteiger partial charge in [-0.2, -0.15) is 13.2 Å². The smallest absolute Gasteiger partial charge is 0.378 e. The number of nitro groups is 1. The fourth-order valence-corrected chi connectivity index (χ4v) is 2.51. The first-order valence-corrected chi connectivity index (χ1v) is 8.11. The molecule has 0 saturated carbocycles. The Kier molecular flexibility index (Phi) is 6.19. The fraction of sp³-hybridized carbons (Fsp3) is 0.188. The van der Waals surface area contributed by atoms with E-state index in [9.17, 15) is 28.1 Å². The molecule has 6 nitrogen and oxygen atoms in total. The molecule has 0 atom stereocenters. The lowest BCUT2D eigenvalue weighted by Gasteiger charge is -2.11. The van der Waals surface area contributed by atoms with Crippen LogP contribution in [0.25, 0.3) is 0 Å². The molecular formula is C16H13BrF3N3O3. The second-order valence-electron chi connectivity index (χ2n) is 5.18. The molecule has 0 aliphatic carbocycles. The van der Waals surface area contributed by atoms with Crippen LogP contribution in [0.2, 0.25) is 0 Å². The molecule has 2 aromatic rings. The maximum absolute atomic E-state index is 12.7. The van der Waals surface area contributed by atoms with Crippen LogP contribution in [0.4, 0.5) is 24.5 Å². The molecule has 0 radical (unpaired) electrons. The number of nitro benzene ring substituents is 1. The van der Waals surface area contributed by atoms with E-state index >= 15 is 0 Å². The number of anilines is 1. The molecule has 0 aromatic heterocycles. The number of halogens is 4. The van der Waals surface area contributed by atoms with Gasteiger partial charge < -0.3 is 10.6 Å². The van der Waals surface area contributed by atoms with E-state index in [-0.39, 0.29) is 24.7 Å². The molecule has 0 unspecified atom stereocenters. The Labute approximate surface area is 154 Å². The van der Waals surface area contributed by atoms with E-state index in [0.717, 1.165) is 16.6 Å². The highest BCUT2D eigenvalue weighted by Crippen LogP contribution is 2.34. The second kappa shape index (κ2) is 8.17. The third-order valence-electron chi connectivity index (χ3n) is 3.33. The number of nitrogens with zero attached hydrogens (tertiary/aromatic N) is 1. The standard InChI is InChI=1S/C16H13BrF3N3O3/c17-12-3-1-2-10(8-12)15(24)22-7-6-21-13-5-4-11(16(18,19)20)9-14(13)23(25)26/h1-5,8-9,21H,6-7H2,(H,22,24). The average molecular weight is 432 g/mol. The third-order valence-corrected chi connectivity index (χ3v) is 3.83. The Balaban J connectivity index is 1.97. The molecule has 1 amide bonds. The molecule has 2 rings (SSSR count). The second-order valence-corrected chi connectivity index (χ2v) is 6.10. The Hall–Kier alpha value is -2.62. The number of hydrogen-bond donors (Lipinski definition) is 2. The monoisotopic (exact) mass is 431 g/mol. The summed E-state index contributed by atoms with van der Waals surface area (Å²) in [5, 5.41) is 16.2. The Morgan fingerprint density at radius 3 is 2.50 bits per heavy atom. The average Bonchev–Trinajstić information content (AvgIpc) is 2.57. The van der Waals surface area contributed by atoms with Crippen LogP contribution < -0.4 is 10.6 Å². The van der Waals surface area contributed by atoms with Gasteiger partial charge in [0.2, 0.25) is 0 Å². The number of amides is 1. The highest BCUT2D eigenvalue weighted by molar-refractivity contribution is 9.10. The van der Waals surface area contributed by atoms with Crippen molar-refractivity contribution in [2.45, 2.75) is 6.18 Å². The predicted octanol–water partition coefficient (Wildman–Crippen LogP) is 4.22. The van der Waals surface area contributed by atoms with Crippen molar-refractivity contribution in [3.63, 3.8) is 0 Å². The van der Waals surface area contributed by atoms with E-state index in [1.807, 2.05) is 0 Å². The maximum Gasteiger partial charge on any atom is 0.416 e. The molecule has 0 aliphatic heterocycles. The highest BCUT2D eigenvalue weighted by Gasteiger charge is 2.32. The number of nitrogens with one attached hydrogen (secondary N) is 2. The first-order chi connectivity index (χ1) is 12.2. The number of hydrogen-bond acceptors (Lipinski definition) is 4. The maximum atomic E-state index is 12.7. The summed E-state index contributed by atoms with van der Waals surface area (Å²) >= 11 is 3.25. The van der Waals surface area contributed by atoms with Crippen LogP contribution in [0.1, 0.15) is 15.9 Å². The van der Waals surface area contributed by atoms with Gasteiger partial charge in [0, 0.05) is 29.2 Å². The zero-order chi connectivity index (χ0) is 19.3. The minimum Gasteiger partial charge on any atom is -0.378 e. The first kappa shape index (κ1) is 19.7. The van der Waals surface area contributed by atoms with Crippen molar-refractivity contribution in [1.82, 2.24) is 5.32 Å². The van der Waals surface area contributed by atoms with Gasteiger partial charge in [-0.1, -0.05) is 22.0 Å². The van der Waals surface area contributed by atoms with Gasteiger partial charge in [0.05, 0.1) is 10.5 Å². The summed E-state index contributed by atoms with van der Waals surface area (Å²) in [7, 11) is 0. The van der Waals surface area contributed by atoms with Gasteiger partial charge in [-0.05, 0) is 30.3 Å². The molecule has 26 heavy (non-hydrogen) atoms. The number of benzene rings is 2. The topological polar surface area (TPSA) is 84.3 Å². The lowest BCUT2D eigenvalue weighted by molar-refractivity contribution is -0.384. The van der Waals surface area contributed by atoms with Gasteiger partial charge in [-0.25, -0.2) is 0 Å². The van der Waals surface area contributed by atoms with E-state index in [1.165, 1.54) is 0 Å².